The quantitative estimate of drug-likeness (QED) is 0.938. The lowest BCUT2D eigenvalue weighted by molar-refractivity contribution is 0.193. The van der Waals surface area contributed by atoms with Crippen molar-refractivity contribution in [1.82, 2.24) is 4.90 Å². The summed E-state index contributed by atoms with van der Waals surface area (Å²) in [6, 6.07) is 15.4. The van der Waals surface area contributed by atoms with E-state index in [0.717, 1.165) is 26.2 Å². The third kappa shape index (κ3) is 2.87. The average Bonchev–Trinajstić information content (AvgIpc) is 3.04. The van der Waals surface area contributed by atoms with Crippen LogP contribution < -0.4 is 10.6 Å². The Kier molecular flexibility index (Phi) is 4.35. The molecular formula is C16H21N3S. The van der Waals surface area contributed by atoms with Gasteiger partial charge in [-0.25, -0.2) is 0 Å². The Morgan fingerprint density at radius 2 is 1.75 bits per heavy atom. The molecule has 4 heteroatoms. The molecule has 1 aromatic carbocycles. The number of piperazine rings is 1. The summed E-state index contributed by atoms with van der Waals surface area (Å²) in [7, 11) is 0. The summed E-state index contributed by atoms with van der Waals surface area (Å²) in [6.45, 7) is 5.01. The van der Waals surface area contributed by atoms with Crippen LogP contribution in [-0.4, -0.2) is 37.6 Å². The number of hydrogen-bond donors (Lipinski definition) is 1. The highest BCUT2D eigenvalue weighted by molar-refractivity contribution is 7.10. The molecule has 2 heterocycles. The molecule has 0 saturated carbocycles. The van der Waals surface area contributed by atoms with Crippen molar-refractivity contribution < 1.29 is 0 Å². The van der Waals surface area contributed by atoms with Gasteiger partial charge in [0.2, 0.25) is 0 Å². The van der Waals surface area contributed by atoms with Crippen molar-refractivity contribution >= 4 is 17.0 Å². The lowest BCUT2D eigenvalue weighted by Crippen LogP contribution is -2.49. The predicted octanol–water partition coefficient (Wildman–Crippen LogP) is 2.57. The van der Waals surface area contributed by atoms with E-state index >= 15 is 0 Å². The van der Waals surface area contributed by atoms with Gasteiger partial charge in [0.15, 0.2) is 0 Å². The van der Waals surface area contributed by atoms with Crippen molar-refractivity contribution in [2.45, 2.75) is 6.04 Å². The van der Waals surface area contributed by atoms with Gasteiger partial charge in [-0.2, -0.15) is 0 Å². The van der Waals surface area contributed by atoms with Gasteiger partial charge in [0.1, 0.15) is 0 Å². The standard InChI is InChI=1S/C16H21N3S/c17-13-15(16-7-4-12-20-16)19-10-8-18(9-11-19)14-5-2-1-3-6-14/h1-7,12,15H,8-11,13,17H2/t15-/m1/s1. The van der Waals surface area contributed by atoms with E-state index in [2.05, 4.69) is 57.6 Å². The molecule has 0 radical (unpaired) electrons. The first-order valence-electron chi connectivity index (χ1n) is 7.16. The molecule has 1 fully saturated rings. The Morgan fingerprint density at radius 1 is 1.00 bits per heavy atom. The second kappa shape index (κ2) is 6.39. The SMILES string of the molecule is NC[C@H](c1cccs1)N1CCN(c2ccccc2)CC1. The largest absolute Gasteiger partial charge is 0.369 e. The van der Waals surface area contributed by atoms with Crippen LogP contribution in [0.25, 0.3) is 0 Å². The second-order valence-corrected chi connectivity index (χ2v) is 6.10. The van der Waals surface area contributed by atoms with Crippen LogP contribution in [0.3, 0.4) is 0 Å². The summed E-state index contributed by atoms with van der Waals surface area (Å²) in [4.78, 5) is 6.37. The Bertz CT molecular complexity index is 504. The van der Waals surface area contributed by atoms with E-state index in [1.54, 1.807) is 0 Å². The summed E-state index contributed by atoms with van der Waals surface area (Å²) in [5.74, 6) is 0. The van der Waals surface area contributed by atoms with Crippen molar-refractivity contribution in [3.63, 3.8) is 0 Å². The van der Waals surface area contributed by atoms with E-state index in [-0.39, 0.29) is 0 Å². The first kappa shape index (κ1) is 13.6. The van der Waals surface area contributed by atoms with E-state index in [4.69, 9.17) is 5.73 Å². The zero-order valence-corrected chi connectivity index (χ0v) is 12.4. The molecule has 1 saturated heterocycles. The molecule has 0 amide bonds. The summed E-state index contributed by atoms with van der Waals surface area (Å²) < 4.78 is 0. The summed E-state index contributed by atoms with van der Waals surface area (Å²) >= 11 is 1.81. The molecule has 0 spiro atoms. The molecule has 1 aliphatic heterocycles. The maximum absolute atomic E-state index is 5.99. The highest BCUT2D eigenvalue weighted by Crippen LogP contribution is 2.26. The molecule has 20 heavy (non-hydrogen) atoms. The molecule has 0 aliphatic carbocycles. The zero-order valence-electron chi connectivity index (χ0n) is 11.6. The van der Waals surface area contributed by atoms with Gasteiger partial charge in [0.25, 0.3) is 0 Å². The lowest BCUT2D eigenvalue weighted by Gasteiger charge is -2.39. The number of para-hydroxylation sites is 1. The average molecular weight is 287 g/mol. The smallest absolute Gasteiger partial charge is 0.0565 e. The fourth-order valence-electron chi connectivity index (χ4n) is 2.86. The van der Waals surface area contributed by atoms with Gasteiger partial charge in [-0.1, -0.05) is 24.3 Å². The molecule has 0 unspecified atom stereocenters. The zero-order chi connectivity index (χ0) is 13.8. The minimum absolute atomic E-state index is 0.382. The van der Waals surface area contributed by atoms with Gasteiger partial charge in [-0.3, -0.25) is 4.90 Å². The van der Waals surface area contributed by atoms with Gasteiger partial charge in [0, 0.05) is 43.3 Å². The second-order valence-electron chi connectivity index (χ2n) is 5.13. The fraction of sp³-hybridized carbons (Fsp3) is 0.375. The van der Waals surface area contributed by atoms with Crippen molar-refractivity contribution in [2.75, 3.05) is 37.6 Å². The molecule has 106 valence electrons. The molecule has 2 N–H and O–H groups in total. The maximum atomic E-state index is 5.99. The fourth-order valence-corrected chi connectivity index (χ4v) is 3.73. The van der Waals surface area contributed by atoms with Gasteiger partial charge in [-0.15, -0.1) is 11.3 Å². The first-order chi connectivity index (χ1) is 9.88. The van der Waals surface area contributed by atoms with Gasteiger partial charge in [-0.05, 0) is 23.6 Å². The molecule has 1 aliphatic rings. The van der Waals surface area contributed by atoms with Crippen LogP contribution >= 0.6 is 11.3 Å². The van der Waals surface area contributed by atoms with Crippen molar-refractivity contribution in [2.24, 2.45) is 5.73 Å². The maximum Gasteiger partial charge on any atom is 0.0565 e. The Hall–Kier alpha value is -1.36. The van der Waals surface area contributed by atoms with Crippen LogP contribution in [0.2, 0.25) is 0 Å². The molecule has 3 rings (SSSR count). The molecule has 1 aromatic heterocycles. The van der Waals surface area contributed by atoms with Crippen molar-refractivity contribution in [1.29, 1.82) is 0 Å². The summed E-state index contributed by atoms with van der Waals surface area (Å²) in [5.41, 5.74) is 7.32. The van der Waals surface area contributed by atoms with Gasteiger partial charge >= 0.3 is 0 Å². The van der Waals surface area contributed by atoms with Crippen LogP contribution in [0.15, 0.2) is 47.8 Å². The lowest BCUT2D eigenvalue weighted by atomic mass is 10.1. The van der Waals surface area contributed by atoms with E-state index in [1.807, 2.05) is 11.3 Å². The van der Waals surface area contributed by atoms with E-state index in [1.165, 1.54) is 10.6 Å². The monoisotopic (exact) mass is 287 g/mol. The Morgan fingerprint density at radius 3 is 2.35 bits per heavy atom. The molecule has 1 atom stereocenters. The van der Waals surface area contributed by atoms with Gasteiger partial charge < -0.3 is 10.6 Å². The Balaban J connectivity index is 1.63. The minimum atomic E-state index is 0.382. The van der Waals surface area contributed by atoms with Crippen molar-refractivity contribution in [3.8, 4) is 0 Å². The topological polar surface area (TPSA) is 32.5 Å². The number of nitrogens with zero attached hydrogens (tertiary/aromatic N) is 2. The normalized spacial score (nSPS) is 18.1. The number of nitrogens with two attached hydrogens (primary N) is 1. The van der Waals surface area contributed by atoms with Crippen LogP contribution in [-0.2, 0) is 0 Å². The predicted molar refractivity (Wildman–Crippen MR) is 86.3 cm³/mol. The van der Waals surface area contributed by atoms with E-state index in [0.29, 0.717) is 12.6 Å². The van der Waals surface area contributed by atoms with Crippen LogP contribution in [0.4, 0.5) is 5.69 Å². The minimum Gasteiger partial charge on any atom is -0.369 e. The molecule has 0 bridgehead atoms. The van der Waals surface area contributed by atoms with Crippen LogP contribution in [0.1, 0.15) is 10.9 Å². The summed E-state index contributed by atoms with van der Waals surface area (Å²) in [5, 5.41) is 2.14. The van der Waals surface area contributed by atoms with Crippen LogP contribution in [0.5, 0.6) is 0 Å². The van der Waals surface area contributed by atoms with E-state index in [9.17, 15) is 0 Å². The van der Waals surface area contributed by atoms with E-state index < -0.39 is 0 Å². The third-order valence-electron chi connectivity index (χ3n) is 3.97. The highest BCUT2D eigenvalue weighted by atomic mass is 32.1. The van der Waals surface area contributed by atoms with Gasteiger partial charge in [0.05, 0.1) is 6.04 Å². The van der Waals surface area contributed by atoms with Crippen molar-refractivity contribution in [3.05, 3.63) is 52.7 Å². The number of rotatable bonds is 4. The Labute approximate surface area is 124 Å². The number of thiophene rings is 1. The summed E-state index contributed by atoms with van der Waals surface area (Å²) in [6.07, 6.45) is 0. The highest BCUT2D eigenvalue weighted by Gasteiger charge is 2.24. The third-order valence-corrected chi connectivity index (χ3v) is 4.94. The molecule has 3 nitrogen and oxygen atoms in total. The molecular weight excluding hydrogens is 266 g/mol. The number of anilines is 1. The van der Waals surface area contributed by atoms with Crippen LogP contribution in [0, 0.1) is 0 Å². The number of hydrogen-bond acceptors (Lipinski definition) is 4. The molecule has 2 aromatic rings. The number of benzene rings is 1. The first-order valence-corrected chi connectivity index (χ1v) is 8.04.